The number of benzene rings is 3. The number of carbonyl (C=O) groups is 3. The minimum Gasteiger partial charge on any atom is -0.444 e. The van der Waals surface area contributed by atoms with Crippen molar-refractivity contribution in [1.29, 1.82) is 0 Å². The van der Waals surface area contributed by atoms with Crippen LogP contribution in [-0.2, 0) is 23.8 Å². The average Bonchev–Trinajstić information content (AvgIpc) is 3.10. The topological polar surface area (TPSA) is 109 Å². The van der Waals surface area contributed by atoms with E-state index in [0.717, 1.165) is 29.8 Å². The molecule has 3 aromatic carbocycles. The quantitative estimate of drug-likeness (QED) is 0.173. The molecular formula is C38H50N4O5S2. The Labute approximate surface area is 299 Å². The Kier molecular flexibility index (Phi) is 14.9. The van der Waals surface area contributed by atoms with Crippen LogP contribution in [0.15, 0.2) is 91.0 Å². The molecule has 264 valence electrons. The third-order valence-electron chi connectivity index (χ3n) is 8.09. The van der Waals surface area contributed by atoms with Crippen molar-refractivity contribution in [3.8, 4) is 0 Å². The second kappa shape index (κ2) is 19.0. The van der Waals surface area contributed by atoms with Crippen LogP contribution in [0.25, 0.3) is 0 Å². The van der Waals surface area contributed by atoms with Gasteiger partial charge in [-0.05, 0) is 55.9 Å². The third-order valence-corrected chi connectivity index (χ3v) is 10.4. The number of hydrogen-bond donors (Lipinski definition) is 3. The molecule has 3 N–H and O–H groups in total. The van der Waals surface area contributed by atoms with Crippen molar-refractivity contribution in [1.82, 2.24) is 20.9 Å². The smallest absolute Gasteiger partial charge is 0.408 e. The van der Waals surface area contributed by atoms with Gasteiger partial charge < -0.3 is 25.4 Å². The Morgan fingerprint density at radius 2 is 1.33 bits per heavy atom. The van der Waals surface area contributed by atoms with E-state index in [1.54, 1.807) is 44.3 Å². The number of morpholine rings is 1. The van der Waals surface area contributed by atoms with Crippen LogP contribution in [0.2, 0.25) is 0 Å². The number of nitrogens with one attached hydrogen (secondary N) is 3. The van der Waals surface area contributed by atoms with Crippen molar-refractivity contribution in [3.05, 3.63) is 108 Å². The number of ether oxygens (including phenoxy) is 2. The summed E-state index contributed by atoms with van der Waals surface area (Å²) in [5.74, 6) is 0.180. The summed E-state index contributed by atoms with van der Waals surface area (Å²) in [6, 6.07) is 28.7. The maximum atomic E-state index is 14.2. The number of alkyl carbamates (subject to hydrolysis) is 1. The van der Waals surface area contributed by atoms with E-state index in [2.05, 4.69) is 57.2 Å². The van der Waals surface area contributed by atoms with Crippen molar-refractivity contribution in [3.63, 3.8) is 0 Å². The van der Waals surface area contributed by atoms with Crippen molar-refractivity contribution < 1.29 is 23.9 Å². The molecule has 4 rings (SSSR count). The zero-order chi connectivity index (χ0) is 35.1. The van der Waals surface area contributed by atoms with Gasteiger partial charge in [0.2, 0.25) is 11.8 Å². The molecule has 0 aliphatic carbocycles. The Balaban J connectivity index is 1.62. The molecule has 11 heteroatoms. The summed E-state index contributed by atoms with van der Waals surface area (Å²) in [6.07, 6.45) is 1.72. The first-order valence-electron chi connectivity index (χ1n) is 16.8. The lowest BCUT2D eigenvalue weighted by atomic mass is 9.84. The fourth-order valence-corrected chi connectivity index (χ4v) is 7.70. The standard InChI is InChI=1S/C38H50N4O5S2/c1-37(2,3)47-36(45)41-33(35(44)40-32(20-27-48-4)34(43)39-21-22-42-23-25-46-26-24-42)28-49-38(29-14-8-5-9-15-29,30-16-10-6-11-17-30)31-18-12-7-13-19-31/h5-19,32-33H,20-28H2,1-4H3,(H,39,43)(H,40,44)(H,41,45)/t32-,33-/m0/s1. The highest BCUT2D eigenvalue weighted by Gasteiger charge is 2.39. The predicted molar refractivity (Wildman–Crippen MR) is 200 cm³/mol. The van der Waals surface area contributed by atoms with Gasteiger partial charge >= 0.3 is 6.09 Å². The summed E-state index contributed by atoms with van der Waals surface area (Å²) in [5, 5.41) is 8.83. The Bertz CT molecular complexity index is 1350. The first-order chi connectivity index (χ1) is 23.6. The fraction of sp³-hybridized carbons (Fsp3) is 0.447. The molecule has 0 unspecified atom stereocenters. The number of amides is 3. The SMILES string of the molecule is CSCC[C@H](NC(=O)[C@H](CSC(c1ccccc1)(c1ccccc1)c1ccccc1)NC(=O)OC(C)(C)C)C(=O)NCCN1CCOCC1. The molecular weight excluding hydrogens is 657 g/mol. The van der Waals surface area contributed by atoms with Gasteiger partial charge in [-0.3, -0.25) is 14.5 Å². The van der Waals surface area contributed by atoms with Crippen molar-refractivity contribution in [2.75, 3.05) is 57.2 Å². The van der Waals surface area contributed by atoms with Crippen LogP contribution < -0.4 is 16.0 Å². The van der Waals surface area contributed by atoms with Crippen molar-refractivity contribution in [2.45, 2.75) is 49.6 Å². The van der Waals surface area contributed by atoms with Gasteiger partial charge in [-0.1, -0.05) is 91.0 Å². The van der Waals surface area contributed by atoms with Crippen LogP contribution in [0.4, 0.5) is 4.79 Å². The molecule has 1 saturated heterocycles. The van der Waals surface area contributed by atoms with Crippen LogP contribution in [-0.4, -0.2) is 97.6 Å². The van der Waals surface area contributed by atoms with E-state index in [-0.39, 0.29) is 11.7 Å². The summed E-state index contributed by atoms with van der Waals surface area (Å²) in [4.78, 5) is 43.0. The van der Waals surface area contributed by atoms with Crippen molar-refractivity contribution in [2.24, 2.45) is 0 Å². The van der Waals surface area contributed by atoms with Crippen LogP contribution in [0.1, 0.15) is 43.9 Å². The van der Waals surface area contributed by atoms with E-state index in [9.17, 15) is 14.4 Å². The Morgan fingerprint density at radius 1 is 0.796 bits per heavy atom. The number of thioether (sulfide) groups is 2. The van der Waals surface area contributed by atoms with Crippen LogP contribution in [0, 0.1) is 0 Å². The fourth-order valence-electron chi connectivity index (χ4n) is 5.67. The zero-order valence-electron chi connectivity index (χ0n) is 29.0. The van der Waals surface area contributed by atoms with E-state index in [4.69, 9.17) is 9.47 Å². The van der Waals surface area contributed by atoms with Gasteiger partial charge in [0.05, 0.1) is 18.0 Å². The highest BCUT2D eigenvalue weighted by Crippen LogP contribution is 2.48. The molecule has 3 amide bonds. The second-order valence-corrected chi connectivity index (χ2v) is 15.1. The lowest BCUT2D eigenvalue weighted by Crippen LogP contribution is -2.56. The molecule has 0 radical (unpaired) electrons. The van der Waals surface area contributed by atoms with Gasteiger partial charge in [0.15, 0.2) is 0 Å². The van der Waals surface area contributed by atoms with Gasteiger partial charge in [-0.2, -0.15) is 11.8 Å². The molecule has 2 atom stereocenters. The predicted octanol–water partition coefficient (Wildman–Crippen LogP) is 5.29. The maximum absolute atomic E-state index is 14.2. The molecule has 0 spiro atoms. The number of rotatable bonds is 16. The lowest BCUT2D eigenvalue weighted by Gasteiger charge is -2.36. The molecule has 0 aromatic heterocycles. The largest absolute Gasteiger partial charge is 0.444 e. The molecule has 1 heterocycles. The van der Waals surface area contributed by atoms with Gasteiger partial charge in [-0.15, -0.1) is 11.8 Å². The van der Waals surface area contributed by atoms with E-state index in [1.807, 2.05) is 60.9 Å². The van der Waals surface area contributed by atoms with Gasteiger partial charge in [0, 0.05) is 31.9 Å². The molecule has 0 saturated carbocycles. The van der Waals surface area contributed by atoms with Gasteiger partial charge in [0.25, 0.3) is 0 Å². The van der Waals surface area contributed by atoms with E-state index in [1.165, 1.54) is 0 Å². The first kappa shape index (κ1) is 38.3. The van der Waals surface area contributed by atoms with Crippen LogP contribution in [0.5, 0.6) is 0 Å². The van der Waals surface area contributed by atoms with E-state index >= 15 is 0 Å². The Hall–Kier alpha value is -3.51. The van der Waals surface area contributed by atoms with Crippen molar-refractivity contribution >= 4 is 41.4 Å². The molecule has 0 bridgehead atoms. The molecule has 1 aliphatic rings. The zero-order valence-corrected chi connectivity index (χ0v) is 30.6. The van der Waals surface area contributed by atoms with Crippen LogP contribution in [0.3, 0.4) is 0 Å². The van der Waals surface area contributed by atoms with E-state index < -0.39 is 34.4 Å². The number of carbonyl (C=O) groups excluding carboxylic acids is 3. The first-order valence-corrected chi connectivity index (χ1v) is 19.2. The monoisotopic (exact) mass is 706 g/mol. The highest BCUT2D eigenvalue weighted by atomic mass is 32.2. The summed E-state index contributed by atoms with van der Waals surface area (Å²) < 4.78 is 10.3. The van der Waals surface area contributed by atoms with E-state index in [0.29, 0.717) is 38.5 Å². The summed E-state index contributed by atoms with van der Waals surface area (Å²) >= 11 is 3.16. The highest BCUT2D eigenvalue weighted by molar-refractivity contribution is 8.00. The minimum atomic E-state index is -1.01. The molecule has 3 aromatic rings. The maximum Gasteiger partial charge on any atom is 0.408 e. The summed E-state index contributed by atoms with van der Waals surface area (Å²) in [5.41, 5.74) is 2.34. The Morgan fingerprint density at radius 3 is 1.82 bits per heavy atom. The number of hydrogen-bond acceptors (Lipinski definition) is 8. The number of nitrogens with zero attached hydrogens (tertiary/aromatic N) is 1. The van der Waals surface area contributed by atoms with Crippen LogP contribution >= 0.6 is 23.5 Å². The molecule has 9 nitrogen and oxygen atoms in total. The van der Waals surface area contributed by atoms with Gasteiger partial charge in [-0.25, -0.2) is 4.79 Å². The third kappa shape index (κ3) is 11.5. The molecule has 1 fully saturated rings. The summed E-state index contributed by atoms with van der Waals surface area (Å²) in [6.45, 7) is 9.54. The average molecular weight is 707 g/mol. The van der Waals surface area contributed by atoms with Gasteiger partial charge in [0.1, 0.15) is 17.7 Å². The normalized spacial score (nSPS) is 15.1. The molecule has 1 aliphatic heterocycles. The second-order valence-electron chi connectivity index (χ2n) is 12.9. The molecule has 49 heavy (non-hydrogen) atoms. The summed E-state index contributed by atoms with van der Waals surface area (Å²) in [7, 11) is 0. The lowest BCUT2D eigenvalue weighted by molar-refractivity contribution is -0.129. The minimum absolute atomic E-state index is 0.192.